The average Bonchev–Trinajstić information content (AvgIpc) is 2.95. The number of benzene rings is 4. The zero-order valence-electron chi connectivity index (χ0n) is 27.1. The van der Waals surface area contributed by atoms with Gasteiger partial charge in [-0.1, -0.05) is 80.5 Å². The Balaban J connectivity index is 1.90. The summed E-state index contributed by atoms with van der Waals surface area (Å²) in [5.74, 6) is 0. The molecule has 7 rings (SSSR count). The lowest BCUT2D eigenvalue weighted by atomic mass is 9.84. The first-order valence-electron chi connectivity index (χ1n) is 15.3. The molecule has 0 fully saturated rings. The van der Waals surface area contributed by atoms with Gasteiger partial charge in [0.15, 0.2) is 16.7 Å². The molecule has 6 heteroatoms. The molecule has 0 aliphatic rings. The van der Waals surface area contributed by atoms with Crippen molar-refractivity contribution in [2.45, 2.75) is 78.6 Å². The van der Waals surface area contributed by atoms with E-state index >= 15 is 0 Å². The van der Waals surface area contributed by atoms with E-state index in [1.807, 2.05) is 36.4 Å². The van der Waals surface area contributed by atoms with Crippen LogP contribution in [0.25, 0.3) is 65.2 Å². The van der Waals surface area contributed by atoms with E-state index in [2.05, 4.69) is 62.3 Å². The first-order valence-corrected chi connectivity index (χ1v) is 15.3. The summed E-state index contributed by atoms with van der Waals surface area (Å²) in [6, 6.07) is 17.1. The van der Waals surface area contributed by atoms with Crippen LogP contribution in [0.4, 0.5) is 0 Å². The van der Waals surface area contributed by atoms with E-state index in [0.29, 0.717) is 48.5 Å². The van der Waals surface area contributed by atoms with Crippen LogP contribution >= 0.6 is 0 Å². The molecule has 45 heavy (non-hydrogen) atoms. The summed E-state index contributed by atoms with van der Waals surface area (Å²) >= 11 is 0. The van der Waals surface area contributed by atoms with E-state index < -0.39 is 16.9 Å². The maximum Gasteiger partial charge on any atom is 0.344 e. The normalized spacial score (nSPS) is 13.3. The highest BCUT2D eigenvalue weighted by Gasteiger charge is 2.27. The van der Waals surface area contributed by atoms with Gasteiger partial charge in [0.25, 0.3) is 0 Å². The fourth-order valence-electron chi connectivity index (χ4n) is 6.35. The number of hydrogen-bond acceptors (Lipinski definition) is 6. The second kappa shape index (κ2) is 9.16. The third-order valence-electron chi connectivity index (χ3n) is 9.07. The molecule has 0 radical (unpaired) electrons. The number of fused-ring (bicyclic) bond motifs is 12. The zero-order chi connectivity index (χ0) is 32.4. The van der Waals surface area contributed by atoms with Crippen LogP contribution in [-0.2, 0) is 16.2 Å². The minimum atomic E-state index is -0.525. The van der Waals surface area contributed by atoms with Crippen LogP contribution in [-0.4, -0.2) is 0 Å². The van der Waals surface area contributed by atoms with Crippen molar-refractivity contribution in [3.8, 4) is 0 Å². The van der Waals surface area contributed by atoms with Crippen LogP contribution < -0.4 is 16.9 Å². The van der Waals surface area contributed by atoms with Gasteiger partial charge in [-0.2, -0.15) is 0 Å². The molecule has 0 saturated carbocycles. The first-order chi connectivity index (χ1) is 20.9. The minimum absolute atomic E-state index is 0.218. The van der Waals surface area contributed by atoms with Crippen molar-refractivity contribution in [2.75, 3.05) is 0 Å². The third kappa shape index (κ3) is 4.33. The second-order valence-corrected chi connectivity index (χ2v) is 15.3. The van der Waals surface area contributed by atoms with Crippen molar-refractivity contribution in [2.24, 2.45) is 0 Å². The molecule has 0 aliphatic heterocycles. The largest absolute Gasteiger partial charge is 0.421 e. The molecule has 6 nitrogen and oxygen atoms in total. The summed E-state index contributed by atoms with van der Waals surface area (Å²) in [6.45, 7) is 18.9. The Labute approximate surface area is 259 Å². The molecule has 4 aromatic carbocycles. The summed E-state index contributed by atoms with van der Waals surface area (Å²) in [7, 11) is 0. The fraction of sp³-hybridized carbons (Fsp3) is 0.308. The third-order valence-corrected chi connectivity index (χ3v) is 9.07. The summed E-state index contributed by atoms with van der Waals surface area (Å²) in [6.07, 6.45) is 0. The second-order valence-electron chi connectivity index (χ2n) is 15.3. The standard InChI is InChI=1S/C39H36O6/c1-37(2,3)19-10-13-22-25(16-19)28-31(43-34(22)40)29-27-18-21(39(7,8)9)12-15-24(27)36(42)45-33(29)30-26-17-20(38(4,5)6)11-14-23(26)35(41)44-32(28)30/h10-18H,1-9H3. The van der Waals surface area contributed by atoms with Gasteiger partial charge >= 0.3 is 16.9 Å². The van der Waals surface area contributed by atoms with Gasteiger partial charge < -0.3 is 13.3 Å². The topological polar surface area (TPSA) is 90.6 Å². The molecule has 0 amide bonds. The summed E-state index contributed by atoms with van der Waals surface area (Å²) in [5, 5.41) is 4.45. The molecule has 0 aliphatic carbocycles. The van der Waals surface area contributed by atoms with Gasteiger partial charge in [-0.3, -0.25) is 0 Å². The van der Waals surface area contributed by atoms with E-state index in [1.165, 1.54) is 0 Å². The van der Waals surface area contributed by atoms with Crippen LogP contribution in [0.2, 0.25) is 0 Å². The van der Waals surface area contributed by atoms with Crippen LogP contribution in [0.3, 0.4) is 0 Å². The molecule has 0 saturated heterocycles. The van der Waals surface area contributed by atoms with Crippen molar-refractivity contribution in [1.29, 1.82) is 0 Å². The predicted molar refractivity (Wildman–Crippen MR) is 183 cm³/mol. The van der Waals surface area contributed by atoms with Gasteiger partial charge in [-0.25, -0.2) is 14.4 Å². The molecule has 3 aromatic heterocycles. The van der Waals surface area contributed by atoms with Gasteiger partial charge in [0.2, 0.25) is 0 Å². The number of rotatable bonds is 0. The van der Waals surface area contributed by atoms with Crippen molar-refractivity contribution in [3.63, 3.8) is 0 Å². The van der Waals surface area contributed by atoms with E-state index in [-0.39, 0.29) is 33.0 Å². The Morgan fingerprint density at radius 2 is 0.622 bits per heavy atom. The van der Waals surface area contributed by atoms with Crippen LogP contribution in [0, 0.1) is 0 Å². The van der Waals surface area contributed by atoms with Gasteiger partial charge in [-0.05, 0) is 69.3 Å². The van der Waals surface area contributed by atoms with E-state index in [4.69, 9.17) is 13.3 Å². The van der Waals surface area contributed by atoms with E-state index in [9.17, 15) is 14.4 Å². The Morgan fingerprint density at radius 1 is 0.378 bits per heavy atom. The molecule has 0 N–H and O–H groups in total. The molecule has 228 valence electrons. The molecule has 0 unspecified atom stereocenters. The SMILES string of the molecule is CC(C)(C)c1ccc2c(=O)oc3c(c2c1)c1oc(=O)c2ccc(C(C)(C)C)cc2c1c1oc(=O)c2ccc(C(C)(C)C)cc2c31. The van der Waals surface area contributed by atoms with Gasteiger partial charge in [0, 0.05) is 16.2 Å². The average molecular weight is 601 g/mol. The quantitative estimate of drug-likeness (QED) is 0.127. The van der Waals surface area contributed by atoms with E-state index in [1.54, 1.807) is 18.2 Å². The van der Waals surface area contributed by atoms with Crippen molar-refractivity contribution < 1.29 is 13.3 Å². The summed E-state index contributed by atoms with van der Waals surface area (Å²) < 4.78 is 18.4. The molecular formula is C39H36O6. The molecule has 0 bridgehead atoms. The molecule has 0 spiro atoms. The van der Waals surface area contributed by atoms with E-state index in [0.717, 1.165) is 16.7 Å². The highest BCUT2D eigenvalue weighted by atomic mass is 16.4. The zero-order valence-corrected chi connectivity index (χ0v) is 27.1. The van der Waals surface area contributed by atoms with Crippen molar-refractivity contribution in [1.82, 2.24) is 0 Å². The summed E-state index contributed by atoms with van der Waals surface area (Å²) in [4.78, 5) is 40.9. The van der Waals surface area contributed by atoms with Crippen molar-refractivity contribution >= 4 is 65.2 Å². The minimum Gasteiger partial charge on any atom is -0.421 e. The van der Waals surface area contributed by atoms with Crippen LogP contribution in [0.5, 0.6) is 0 Å². The highest BCUT2D eigenvalue weighted by Crippen LogP contribution is 2.44. The lowest BCUT2D eigenvalue weighted by Gasteiger charge is -2.21. The maximum atomic E-state index is 13.6. The summed E-state index contributed by atoms with van der Waals surface area (Å²) in [5.41, 5.74) is 1.43. The molecule has 0 atom stereocenters. The Bertz CT molecular complexity index is 2270. The lowest BCUT2D eigenvalue weighted by Crippen LogP contribution is -2.13. The van der Waals surface area contributed by atoms with Gasteiger partial charge in [0.1, 0.15) is 0 Å². The monoisotopic (exact) mass is 600 g/mol. The fourth-order valence-corrected chi connectivity index (χ4v) is 6.35. The predicted octanol–water partition coefficient (Wildman–Crippen LogP) is 9.36. The van der Waals surface area contributed by atoms with Crippen LogP contribution in [0.15, 0.2) is 82.2 Å². The molecular weight excluding hydrogens is 564 g/mol. The van der Waals surface area contributed by atoms with Crippen molar-refractivity contribution in [3.05, 3.63) is 103 Å². The number of hydrogen-bond donors (Lipinski definition) is 0. The first kappa shape index (κ1) is 29.0. The van der Waals surface area contributed by atoms with Gasteiger partial charge in [0.05, 0.1) is 32.3 Å². The smallest absolute Gasteiger partial charge is 0.344 e. The van der Waals surface area contributed by atoms with Crippen LogP contribution in [0.1, 0.15) is 79.0 Å². The maximum absolute atomic E-state index is 13.6. The lowest BCUT2D eigenvalue weighted by molar-refractivity contribution is 0.553. The molecule has 7 aromatic rings. The van der Waals surface area contributed by atoms with Gasteiger partial charge in [-0.15, -0.1) is 0 Å². The molecule has 3 heterocycles. The highest BCUT2D eigenvalue weighted by molar-refractivity contribution is 6.34. The Hall–Kier alpha value is -4.71. The Kier molecular flexibility index (Phi) is 5.91. The Morgan fingerprint density at radius 3 is 0.844 bits per heavy atom.